The van der Waals surface area contributed by atoms with Crippen LogP contribution in [0.5, 0.6) is 5.75 Å². The van der Waals surface area contributed by atoms with Crippen molar-refractivity contribution >= 4 is 11.6 Å². The number of rotatable bonds is 4. The number of pyridine rings is 1. The Morgan fingerprint density at radius 3 is 2.86 bits per heavy atom. The van der Waals surface area contributed by atoms with Gasteiger partial charge in [0.1, 0.15) is 22.8 Å². The summed E-state index contributed by atoms with van der Waals surface area (Å²) in [6.45, 7) is 1.55. The Morgan fingerprint density at radius 1 is 1.21 bits per heavy atom. The van der Waals surface area contributed by atoms with E-state index in [1.54, 1.807) is 41.4 Å². The van der Waals surface area contributed by atoms with Crippen molar-refractivity contribution in [3.63, 3.8) is 0 Å². The van der Waals surface area contributed by atoms with Gasteiger partial charge in [0.2, 0.25) is 0 Å². The lowest BCUT2D eigenvalue weighted by Gasteiger charge is -2.32. The zero-order chi connectivity index (χ0) is 19.5. The second kappa shape index (κ2) is 7.80. The van der Waals surface area contributed by atoms with E-state index in [4.69, 9.17) is 4.74 Å². The molecule has 28 heavy (non-hydrogen) atoms. The molecule has 0 saturated carbocycles. The zero-order valence-corrected chi connectivity index (χ0v) is 15.3. The van der Waals surface area contributed by atoms with Crippen molar-refractivity contribution in [1.82, 2.24) is 14.3 Å². The average Bonchev–Trinajstić information content (AvgIpc) is 2.74. The molecule has 0 radical (unpaired) electrons. The summed E-state index contributed by atoms with van der Waals surface area (Å²) in [7, 11) is 0. The highest BCUT2D eigenvalue weighted by atomic mass is 19.1. The summed E-state index contributed by atoms with van der Waals surface area (Å²) in [5.41, 5.74) is 0.220. The van der Waals surface area contributed by atoms with E-state index in [0.29, 0.717) is 31.1 Å². The molecule has 1 aromatic carbocycles. The molecule has 6 nitrogen and oxygen atoms in total. The number of hydrogen-bond donors (Lipinski definition) is 0. The van der Waals surface area contributed by atoms with Gasteiger partial charge in [-0.05, 0) is 49.2 Å². The number of nitrogens with zero attached hydrogens (tertiary/aromatic N) is 3. The van der Waals surface area contributed by atoms with Crippen LogP contribution in [0, 0.1) is 11.7 Å². The second-order valence-electron chi connectivity index (χ2n) is 6.93. The largest absolute Gasteiger partial charge is 0.493 e. The molecule has 0 spiro atoms. The van der Waals surface area contributed by atoms with Gasteiger partial charge in [-0.3, -0.25) is 14.0 Å². The van der Waals surface area contributed by atoms with E-state index in [0.717, 1.165) is 12.8 Å². The smallest absolute Gasteiger partial charge is 0.270 e. The summed E-state index contributed by atoms with van der Waals surface area (Å²) < 4.78 is 20.1. The number of benzene rings is 1. The number of fused-ring (bicyclic) bond motifs is 1. The fourth-order valence-corrected chi connectivity index (χ4v) is 3.47. The first kappa shape index (κ1) is 18.2. The molecule has 0 bridgehead atoms. The first-order valence-corrected chi connectivity index (χ1v) is 9.26. The van der Waals surface area contributed by atoms with Crippen molar-refractivity contribution in [3.8, 4) is 5.75 Å². The maximum Gasteiger partial charge on any atom is 0.270 e. The van der Waals surface area contributed by atoms with Gasteiger partial charge in [-0.2, -0.15) is 0 Å². The third-order valence-corrected chi connectivity index (χ3v) is 4.95. The minimum Gasteiger partial charge on any atom is -0.493 e. The molecule has 1 unspecified atom stereocenters. The number of halogens is 1. The summed E-state index contributed by atoms with van der Waals surface area (Å²) in [5, 5.41) is 0. The summed E-state index contributed by atoms with van der Waals surface area (Å²) >= 11 is 0. The van der Waals surface area contributed by atoms with Crippen molar-refractivity contribution in [2.24, 2.45) is 5.92 Å². The average molecular weight is 381 g/mol. The van der Waals surface area contributed by atoms with Crippen LogP contribution in [0.4, 0.5) is 4.39 Å². The normalized spacial score (nSPS) is 16.9. The van der Waals surface area contributed by atoms with Crippen molar-refractivity contribution in [2.45, 2.75) is 12.8 Å². The number of hydrogen-bond acceptors (Lipinski definition) is 4. The van der Waals surface area contributed by atoms with E-state index >= 15 is 0 Å². The van der Waals surface area contributed by atoms with Gasteiger partial charge < -0.3 is 9.64 Å². The van der Waals surface area contributed by atoms with Gasteiger partial charge in [0, 0.05) is 31.4 Å². The highest BCUT2D eigenvalue weighted by Gasteiger charge is 2.27. The standard InChI is InChI=1S/C21H20FN3O3/c22-16-6-8-17(9-7-16)28-14-15-4-3-10-24(13-15)20(26)18-12-23-19-5-1-2-11-25(19)21(18)27/h1-2,5-9,11-12,15H,3-4,10,13-14H2. The molecule has 1 atom stereocenters. The number of carbonyl (C=O) groups excluding carboxylic acids is 1. The molecule has 3 aromatic rings. The number of aromatic nitrogens is 2. The van der Waals surface area contributed by atoms with Crippen LogP contribution in [0.15, 0.2) is 59.7 Å². The zero-order valence-electron chi connectivity index (χ0n) is 15.3. The first-order chi connectivity index (χ1) is 13.6. The predicted molar refractivity (Wildman–Crippen MR) is 102 cm³/mol. The molecule has 2 aromatic heterocycles. The van der Waals surface area contributed by atoms with Gasteiger partial charge >= 0.3 is 0 Å². The van der Waals surface area contributed by atoms with Crippen LogP contribution in [-0.2, 0) is 0 Å². The van der Waals surface area contributed by atoms with Gasteiger partial charge in [0.05, 0.1) is 6.61 Å². The Morgan fingerprint density at radius 2 is 2.04 bits per heavy atom. The molecule has 3 heterocycles. The molecule has 0 N–H and O–H groups in total. The van der Waals surface area contributed by atoms with E-state index < -0.39 is 0 Å². The Hall–Kier alpha value is -3.22. The Labute approximate surface area is 161 Å². The Bertz CT molecular complexity index is 1050. The monoisotopic (exact) mass is 381 g/mol. The van der Waals surface area contributed by atoms with E-state index in [1.807, 2.05) is 0 Å². The fraction of sp³-hybridized carbons (Fsp3) is 0.286. The maximum absolute atomic E-state index is 13.0. The van der Waals surface area contributed by atoms with Gasteiger partial charge in [-0.25, -0.2) is 9.37 Å². The van der Waals surface area contributed by atoms with Crippen molar-refractivity contribution in [1.29, 1.82) is 0 Å². The minimum atomic E-state index is -0.361. The van der Waals surface area contributed by atoms with Crippen LogP contribution in [0.1, 0.15) is 23.2 Å². The topological polar surface area (TPSA) is 63.9 Å². The number of ether oxygens (including phenoxy) is 1. The molecular weight excluding hydrogens is 361 g/mol. The lowest BCUT2D eigenvalue weighted by molar-refractivity contribution is 0.0631. The molecule has 7 heteroatoms. The van der Waals surface area contributed by atoms with Crippen LogP contribution < -0.4 is 10.3 Å². The molecule has 1 amide bonds. The SMILES string of the molecule is O=C(c1cnc2ccccn2c1=O)N1CCCC(COc2ccc(F)cc2)C1. The molecule has 1 aliphatic heterocycles. The predicted octanol–water partition coefficient (Wildman–Crippen LogP) is 2.76. The van der Waals surface area contributed by atoms with Gasteiger partial charge in [-0.1, -0.05) is 6.07 Å². The van der Waals surface area contributed by atoms with Crippen molar-refractivity contribution < 1.29 is 13.9 Å². The molecule has 4 rings (SSSR count). The molecule has 0 aliphatic carbocycles. The Kier molecular flexibility index (Phi) is 5.06. The quantitative estimate of drug-likeness (QED) is 0.697. The lowest BCUT2D eigenvalue weighted by Crippen LogP contribution is -2.43. The van der Waals surface area contributed by atoms with Gasteiger partial charge in [-0.15, -0.1) is 0 Å². The molecular formula is C21H20FN3O3. The van der Waals surface area contributed by atoms with Crippen LogP contribution in [0.25, 0.3) is 5.65 Å². The number of piperidine rings is 1. The fourth-order valence-electron chi connectivity index (χ4n) is 3.47. The van der Waals surface area contributed by atoms with Gasteiger partial charge in [0.25, 0.3) is 11.5 Å². The molecule has 1 aliphatic rings. The van der Waals surface area contributed by atoms with E-state index in [9.17, 15) is 14.0 Å². The molecule has 1 fully saturated rings. The Balaban J connectivity index is 1.45. The summed E-state index contributed by atoms with van der Waals surface area (Å²) in [5.74, 6) is 0.139. The summed E-state index contributed by atoms with van der Waals surface area (Å²) in [6.07, 6.45) is 4.74. The van der Waals surface area contributed by atoms with Gasteiger partial charge in [0.15, 0.2) is 0 Å². The first-order valence-electron chi connectivity index (χ1n) is 9.26. The summed E-state index contributed by atoms with van der Waals surface area (Å²) in [6, 6.07) is 11.1. The number of amides is 1. The van der Waals surface area contributed by atoms with Crippen molar-refractivity contribution in [2.75, 3.05) is 19.7 Å². The second-order valence-corrected chi connectivity index (χ2v) is 6.93. The van der Waals surface area contributed by atoms with Crippen LogP contribution in [-0.4, -0.2) is 39.9 Å². The highest BCUT2D eigenvalue weighted by Crippen LogP contribution is 2.20. The number of likely N-dealkylation sites (tertiary alicyclic amines) is 1. The van der Waals surface area contributed by atoms with E-state index in [1.165, 1.54) is 22.7 Å². The van der Waals surface area contributed by atoms with Crippen LogP contribution in [0.3, 0.4) is 0 Å². The molecule has 144 valence electrons. The third-order valence-electron chi connectivity index (χ3n) is 4.95. The third kappa shape index (κ3) is 3.74. The van der Waals surface area contributed by atoms with Crippen LogP contribution >= 0.6 is 0 Å². The van der Waals surface area contributed by atoms with Crippen molar-refractivity contribution in [3.05, 3.63) is 76.6 Å². The molecule has 1 saturated heterocycles. The van der Waals surface area contributed by atoms with E-state index in [2.05, 4.69) is 4.98 Å². The van der Waals surface area contributed by atoms with Crippen LogP contribution in [0.2, 0.25) is 0 Å². The lowest BCUT2D eigenvalue weighted by atomic mass is 9.98. The van der Waals surface area contributed by atoms with E-state index in [-0.39, 0.29) is 28.8 Å². The maximum atomic E-state index is 13.0. The highest BCUT2D eigenvalue weighted by molar-refractivity contribution is 5.93. The summed E-state index contributed by atoms with van der Waals surface area (Å²) in [4.78, 5) is 31.5. The number of carbonyl (C=O) groups is 1. The minimum absolute atomic E-state index is 0.0730.